The van der Waals surface area contributed by atoms with Crippen LogP contribution in [0.1, 0.15) is 55.5 Å². The highest BCUT2D eigenvalue weighted by Crippen LogP contribution is 2.30. The lowest BCUT2D eigenvalue weighted by molar-refractivity contribution is -0.132. The molecule has 1 aromatic carbocycles. The summed E-state index contributed by atoms with van der Waals surface area (Å²) < 4.78 is 33.3. The molecule has 1 aliphatic rings. The molecule has 1 amide bonds. The molecule has 0 aliphatic carbocycles. The van der Waals surface area contributed by atoms with Crippen LogP contribution in [0.3, 0.4) is 0 Å². The van der Waals surface area contributed by atoms with E-state index in [1.807, 2.05) is 36.1 Å². The van der Waals surface area contributed by atoms with Gasteiger partial charge in [0.05, 0.1) is 6.61 Å². The fraction of sp³-hybridized carbons (Fsp3) is 0.455. The Hall–Kier alpha value is -3.10. The van der Waals surface area contributed by atoms with Gasteiger partial charge in [-0.1, -0.05) is 12.1 Å². The van der Waals surface area contributed by atoms with Gasteiger partial charge in [-0.25, -0.2) is 13.8 Å². The maximum atomic E-state index is 13.4. The predicted octanol–water partition coefficient (Wildman–Crippen LogP) is 3.80. The van der Waals surface area contributed by atoms with Gasteiger partial charge in [0.25, 0.3) is 12.2 Å². The molecule has 1 aliphatic heterocycles. The zero-order valence-corrected chi connectivity index (χ0v) is 17.4. The topological polar surface area (TPSA) is 72.6 Å². The van der Waals surface area contributed by atoms with Crippen LogP contribution in [0.4, 0.5) is 8.78 Å². The molecule has 0 spiro atoms. The van der Waals surface area contributed by atoms with E-state index in [4.69, 9.17) is 4.74 Å². The van der Waals surface area contributed by atoms with E-state index in [0.29, 0.717) is 51.1 Å². The average molecular weight is 429 g/mol. The number of nitrogens with zero attached hydrogens (tertiary/aromatic N) is 5. The van der Waals surface area contributed by atoms with E-state index in [2.05, 4.69) is 15.1 Å². The van der Waals surface area contributed by atoms with Crippen LogP contribution in [0.15, 0.2) is 36.7 Å². The molecule has 1 fully saturated rings. The van der Waals surface area contributed by atoms with E-state index in [1.54, 1.807) is 0 Å². The van der Waals surface area contributed by atoms with E-state index < -0.39 is 6.43 Å². The minimum Gasteiger partial charge on any atom is -0.494 e. The van der Waals surface area contributed by atoms with Gasteiger partial charge in [-0.05, 0) is 49.9 Å². The van der Waals surface area contributed by atoms with Gasteiger partial charge in [-0.15, -0.1) is 0 Å². The Labute approximate surface area is 179 Å². The predicted molar refractivity (Wildman–Crippen MR) is 110 cm³/mol. The Bertz CT molecular complexity index is 1030. The molecule has 9 heteroatoms. The Morgan fingerprint density at radius 2 is 1.97 bits per heavy atom. The van der Waals surface area contributed by atoms with Gasteiger partial charge in [-0.3, -0.25) is 4.79 Å². The number of halogens is 2. The molecule has 1 saturated heterocycles. The third kappa shape index (κ3) is 4.81. The second-order valence-corrected chi connectivity index (χ2v) is 7.61. The number of carbonyl (C=O) groups is 1. The zero-order valence-electron chi connectivity index (χ0n) is 17.4. The molecule has 164 valence electrons. The Morgan fingerprint density at radius 3 is 2.65 bits per heavy atom. The number of fused-ring (bicyclic) bond motifs is 1. The summed E-state index contributed by atoms with van der Waals surface area (Å²) in [5.41, 5.74) is 1.49. The van der Waals surface area contributed by atoms with Crippen LogP contribution >= 0.6 is 0 Å². The summed E-state index contributed by atoms with van der Waals surface area (Å²) in [5.74, 6) is 1.14. The molecule has 31 heavy (non-hydrogen) atoms. The normalized spacial score (nSPS) is 15.0. The molecule has 4 rings (SSSR count). The number of likely N-dealkylation sites (tertiary alicyclic amines) is 1. The van der Waals surface area contributed by atoms with E-state index in [0.717, 1.165) is 15.8 Å². The first kappa shape index (κ1) is 21.1. The van der Waals surface area contributed by atoms with Crippen molar-refractivity contribution in [3.8, 4) is 5.75 Å². The number of alkyl halides is 2. The summed E-state index contributed by atoms with van der Waals surface area (Å²) in [6, 6.07) is 9.22. The molecule has 7 nitrogen and oxygen atoms in total. The second kappa shape index (κ2) is 9.36. The van der Waals surface area contributed by atoms with Gasteiger partial charge in [0.15, 0.2) is 0 Å². The van der Waals surface area contributed by atoms with Gasteiger partial charge in [0.1, 0.15) is 17.8 Å². The van der Waals surface area contributed by atoms with Crippen molar-refractivity contribution >= 4 is 11.7 Å². The van der Waals surface area contributed by atoms with Crippen LogP contribution in [-0.4, -0.2) is 50.1 Å². The first-order chi connectivity index (χ1) is 15.0. The first-order valence-electron chi connectivity index (χ1n) is 10.5. The lowest BCUT2D eigenvalue weighted by Gasteiger charge is -2.32. The van der Waals surface area contributed by atoms with Crippen LogP contribution in [0, 0.1) is 0 Å². The maximum Gasteiger partial charge on any atom is 0.280 e. The third-order valence-electron chi connectivity index (χ3n) is 5.65. The Balaban J connectivity index is 1.33. The fourth-order valence-electron chi connectivity index (χ4n) is 3.97. The molecule has 0 bridgehead atoms. The molecule has 3 aromatic rings. The molecule has 2 aromatic heterocycles. The number of aryl methyl sites for hydroxylation is 1. The van der Waals surface area contributed by atoms with E-state index in [1.165, 1.54) is 12.4 Å². The van der Waals surface area contributed by atoms with Crippen LogP contribution in [0.5, 0.6) is 5.75 Å². The number of rotatable bonds is 7. The molecule has 0 atom stereocenters. The molecule has 0 radical (unpaired) electrons. The molecule has 3 heterocycles. The van der Waals surface area contributed by atoms with Gasteiger partial charge in [-0.2, -0.15) is 14.6 Å². The molecular weight excluding hydrogens is 404 g/mol. The van der Waals surface area contributed by atoms with Crippen LogP contribution in [0.25, 0.3) is 5.78 Å². The number of piperidine rings is 1. The smallest absolute Gasteiger partial charge is 0.280 e. The number of benzene rings is 1. The lowest BCUT2D eigenvalue weighted by Crippen LogP contribution is -2.38. The van der Waals surface area contributed by atoms with Gasteiger partial charge in [0.2, 0.25) is 5.91 Å². The summed E-state index contributed by atoms with van der Waals surface area (Å²) in [6.45, 7) is 3.75. The SMILES string of the molecule is CCOc1ccc(CCC(=O)N2CCC(c3cc(C(F)F)n4ncnc4n3)CC2)cc1. The van der Waals surface area contributed by atoms with Gasteiger partial charge < -0.3 is 9.64 Å². The molecule has 0 unspecified atom stereocenters. The van der Waals surface area contributed by atoms with Crippen molar-refractivity contribution in [3.63, 3.8) is 0 Å². The van der Waals surface area contributed by atoms with E-state index in [9.17, 15) is 13.6 Å². The van der Waals surface area contributed by atoms with Gasteiger partial charge in [0, 0.05) is 31.1 Å². The monoisotopic (exact) mass is 429 g/mol. The molecular formula is C22H25F2N5O2. The number of aromatic nitrogens is 4. The fourth-order valence-corrected chi connectivity index (χ4v) is 3.97. The van der Waals surface area contributed by atoms with Crippen molar-refractivity contribution in [2.45, 2.75) is 45.0 Å². The van der Waals surface area contributed by atoms with Crippen molar-refractivity contribution in [1.82, 2.24) is 24.5 Å². The van der Waals surface area contributed by atoms with Crippen molar-refractivity contribution < 1.29 is 18.3 Å². The van der Waals surface area contributed by atoms with Crippen LogP contribution in [-0.2, 0) is 11.2 Å². The number of amides is 1. The minimum atomic E-state index is -2.66. The van der Waals surface area contributed by atoms with Gasteiger partial charge >= 0.3 is 0 Å². The highest BCUT2D eigenvalue weighted by molar-refractivity contribution is 5.76. The zero-order chi connectivity index (χ0) is 21.8. The Morgan fingerprint density at radius 1 is 1.23 bits per heavy atom. The average Bonchev–Trinajstić information content (AvgIpc) is 3.26. The number of hydrogen-bond acceptors (Lipinski definition) is 5. The maximum absolute atomic E-state index is 13.4. The highest BCUT2D eigenvalue weighted by Gasteiger charge is 2.26. The van der Waals surface area contributed by atoms with E-state index in [-0.39, 0.29) is 23.3 Å². The summed E-state index contributed by atoms with van der Waals surface area (Å²) in [4.78, 5) is 22.9. The first-order valence-corrected chi connectivity index (χ1v) is 10.5. The minimum absolute atomic E-state index is 0.0226. The summed E-state index contributed by atoms with van der Waals surface area (Å²) >= 11 is 0. The van der Waals surface area contributed by atoms with Crippen LogP contribution < -0.4 is 4.74 Å². The molecule has 0 N–H and O–H groups in total. The lowest BCUT2D eigenvalue weighted by atomic mass is 9.92. The number of carbonyl (C=O) groups excluding carboxylic acids is 1. The van der Waals surface area contributed by atoms with Crippen molar-refractivity contribution in [2.75, 3.05) is 19.7 Å². The molecule has 0 saturated carbocycles. The standard InChI is InChI=1S/C22H25F2N5O2/c1-2-31-17-6-3-15(4-7-17)5-8-20(30)28-11-9-16(10-12-28)18-13-19(21(23)24)29-22(27-18)25-14-26-29/h3-4,6-7,13-14,16,21H,2,5,8-12H2,1H3. The van der Waals surface area contributed by atoms with Crippen LogP contribution in [0.2, 0.25) is 0 Å². The van der Waals surface area contributed by atoms with Crippen molar-refractivity contribution in [3.05, 3.63) is 53.6 Å². The van der Waals surface area contributed by atoms with E-state index >= 15 is 0 Å². The summed E-state index contributed by atoms with van der Waals surface area (Å²) in [7, 11) is 0. The van der Waals surface area contributed by atoms with Crippen molar-refractivity contribution in [1.29, 1.82) is 0 Å². The number of ether oxygens (including phenoxy) is 1. The van der Waals surface area contributed by atoms with Crippen molar-refractivity contribution in [2.24, 2.45) is 0 Å². The highest BCUT2D eigenvalue weighted by atomic mass is 19.3. The number of hydrogen-bond donors (Lipinski definition) is 0. The third-order valence-corrected chi connectivity index (χ3v) is 5.65. The summed E-state index contributed by atoms with van der Waals surface area (Å²) in [6.07, 6.45) is 1.06. The quantitative estimate of drug-likeness (QED) is 0.571. The summed E-state index contributed by atoms with van der Waals surface area (Å²) in [5, 5.41) is 3.82. The second-order valence-electron chi connectivity index (χ2n) is 7.61. The Kier molecular flexibility index (Phi) is 6.39. The largest absolute Gasteiger partial charge is 0.494 e.